The molecule has 2 aliphatic rings. The van der Waals surface area contributed by atoms with Crippen molar-refractivity contribution in [3.63, 3.8) is 0 Å². The third kappa shape index (κ3) is 4.27. The molecule has 0 saturated heterocycles. The van der Waals surface area contributed by atoms with E-state index in [4.69, 9.17) is 4.42 Å². The standard InChI is InChI=1S/C48H45NO/c1-28-23-29(2)45-37(24-28)35-21-18-32(27-43(35)50-45)49(30-17-20-34-33-13-10-11-14-38(33)47(6,7)41(34)25-30)31-19-22-36-42(26-31)48(8,9)40-16-12-15-39(44(36)40)46(3,4)5/h10-27H,1-9H3. The monoisotopic (exact) mass is 651 g/mol. The Morgan fingerprint density at radius 2 is 1.14 bits per heavy atom. The number of anilines is 3. The first-order valence-corrected chi connectivity index (χ1v) is 18.0. The van der Waals surface area contributed by atoms with Gasteiger partial charge < -0.3 is 9.32 Å². The van der Waals surface area contributed by atoms with Crippen LogP contribution < -0.4 is 4.90 Å². The van der Waals surface area contributed by atoms with Gasteiger partial charge >= 0.3 is 0 Å². The van der Waals surface area contributed by atoms with Gasteiger partial charge in [-0.3, -0.25) is 0 Å². The summed E-state index contributed by atoms with van der Waals surface area (Å²) in [5.41, 5.74) is 19.9. The van der Waals surface area contributed by atoms with E-state index in [0.29, 0.717) is 0 Å². The summed E-state index contributed by atoms with van der Waals surface area (Å²) in [6, 6.07) is 41.2. The van der Waals surface area contributed by atoms with Gasteiger partial charge in [0.1, 0.15) is 11.2 Å². The summed E-state index contributed by atoms with van der Waals surface area (Å²) in [5.74, 6) is 0. The van der Waals surface area contributed by atoms with Crippen LogP contribution in [0.4, 0.5) is 17.1 Å². The molecule has 50 heavy (non-hydrogen) atoms. The van der Waals surface area contributed by atoms with Gasteiger partial charge in [-0.15, -0.1) is 0 Å². The Kier molecular flexibility index (Phi) is 6.33. The van der Waals surface area contributed by atoms with Crippen LogP contribution in [-0.4, -0.2) is 0 Å². The van der Waals surface area contributed by atoms with E-state index in [0.717, 1.165) is 33.6 Å². The first-order chi connectivity index (χ1) is 23.7. The zero-order valence-electron chi connectivity index (χ0n) is 30.7. The molecule has 0 spiro atoms. The van der Waals surface area contributed by atoms with E-state index in [2.05, 4.69) is 176 Å². The largest absolute Gasteiger partial charge is 0.456 e. The lowest BCUT2D eigenvalue weighted by Crippen LogP contribution is -2.18. The van der Waals surface area contributed by atoms with Crippen LogP contribution in [0.25, 0.3) is 44.2 Å². The van der Waals surface area contributed by atoms with Crippen molar-refractivity contribution >= 4 is 39.0 Å². The molecule has 0 radical (unpaired) electrons. The summed E-state index contributed by atoms with van der Waals surface area (Å²) in [4.78, 5) is 2.44. The van der Waals surface area contributed by atoms with Gasteiger partial charge in [0.15, 0.2) is 0 Å². The van der Waals surface area contributed by atoms with Crippen molar-refractivity contribution in [2.45, 2.75) is 78.6 Å². The van der Waals surface area contributed by atoms with Crippen molar-refractivity contribution in [3.05, 3.63) is 148 Å². The maximum atomic E-state index is 6.62. The average Bonchev–Trinajstić information content (AvgIpc) is 3.64. The molecule has 9 rings (SSSR count). The second-order valence-corrected chi connectivity index (χ2v) is 16.8. The number of hydrogen-bond donors (Lipinski definition) is 0. The molecule has 2 heteroatoms. The van der Waals surface area contributed by atoms with Gasteiger partial charge in [0, 0.05) is 44.7 Å². The summed E-state index contributed by atoms with van der Waals surface area (Å²) in [6.45, 7) is 20.8. The molecular formula is C48H45NO. The first-order valence-electron chi connectivity index (χ1n) is 18.0. The summed E-state index contributed by atoms with van der Waals surface area (Å²) in [7, 11) is 0. The molecular weight excluding hydrogens is 607 g/mol. The van der Waals surface area contributed by atoms with Gasteiger partial charge in [-0.2, -0.15) is 0 Å². The lowest BCUT2D eigenvalue weighted by atomic mass is 9.79. The minimum Gasteiger partial charge on any atom is -0.456 e. The molecule has 2 nitrogen and oxygen atoms in total. The normalized spacial score (nSPS) is 15.2. The third-order valence-electron chi connectivity index (χ3n) is 11.7. The number of fused-ring (bicyclic) bond motifs is 9. The van der Waals surface area contributed by atoms with Crippen molar-refractivity contribution in [1.82, 2.24) is 0 Å². The van der Waals surface area contributed by atoms with Crippen LogP contribution in [0.15, 0.2) is 114 Å². The zero-order valence-corrected chi connectivity index (χ0v) is 30.7. The van der Waals surface area contributed by atoms with Crippen molar-refractivity contribution in [2.24, 2.45) is 0 Å². The Morgan fingerprint density at radius 3 is 1.88 bits per heavy atom. The summed E-state index contributed by atoms with van der Waals surface area (Å²) >= 11 is 0. The minimum atomic E-state index is -0.132. The van der Waals surface area contributed by atoms with Crippen LogP contribution in [0.1, 0.15) is 87.4 Å². The molecule has 1 heterocycles. The van der Waals surface area contributed by atoms with Crippen molar-refractivity contribution in [3.8, 4) is 22.3 Å². The highest BCUT2D eigenvalue weighted by Crippen LogP contribution is 2.55. The van der Waals surface area contributed by atoms with Crippen LogP contribution in [-0.2, 0) is 16.2 Å². The van der Waals surface area contributed by atoms with Gasteiger partial charge in [0.2, 0.25) is 0 Å². The molecule has 0 bridgehead atoms. The lowest BCUT2D eigenvalue weighted by Gasteiger charge is -2.29. The molecule has 0 unspecified atom stereocenters. The molecule has 7 aromatic rings. The fraction of sp³-hybridized carbons (Fsp3) is 0.250. The summed E-state index contributed by atoms with van der Waals surface area (Å²) < 4.78 is 6.62. The molecule has 0 aliphatic heterocycles. The van der Waals surface area contributed by atoms with E-state index in [9.17, 15) is 0 Å². The average molecular weight is 652 g/mol. The van der Waals surface area contributed by atoms with Crippen molar-refractivity contribution in [2.75, 3.05) is 4.90 Å². The van der Waals surface area contributed by atoms with E-state index < -0.39 is 0 Å². The van der Waals surface area contributed by atoms with Crippen LogP contribution in [0.3, 0.4) is 0 Å². The number of rotatable bonds is 3. The van der Waals surface area contributed by atoms with E-state index in [1.165, 1.54) is 66.6 Å². The van der Waals surface area contributed by atoms with Crippen LogP contribution >= 0.6 is 0 Å². The molecule has 0 N–H and O–H groups in total. The van der Waals surface area contributed by atoms with Gasteiger partial charge in [-0.1, -0.05) is 109 Å². The highest BCUT2D eigenvalue weighted by molar-refractivity contribution is 6.07. The predicted molar refractivity (Wildman–Crippen MR) is 212 cm³/mol. The maximum absolute atomic E-state index is 6.62. The number of furan rings is 1. The van der Waals surface area contributed by atoms with Gasteiger partial charge in [-0.25, -0.2) is 0 Å². The highest BCUT2D eigenvalue weighted by atomic mass is 16.3. The topological polar surface area (TPSA) is 16.4 Å². The molecule has 0 atom stereocenters. The van der Waals surface area contributed by atoms with Crippen molar-refractivity contribution < 1.29 is 4.42 Å². The summed E-state index contributed by atoms with van der Waals surface area (Å²) in [6.07, 6.45) is 0. The van der Waals surface area contributed by atoms with E-state index in [1.54, 1.807) is 0 Å². The number of nitrogens with zero attached hydrogens (tertiary/aromatic N) is 1. The second kappa shape index (κ2) is 10.2. The Morgan fingerprint density at radius 1 is 0.540 bits per heavy atom. The van der Waals surface area contributed by atoms with E-state index in [-0.39, 0.29) is 16.2 Å². The van der Waals surface area contributed by atoms with Crippen LogP contribution in [0.5, 0.6) is 0 Å². The Balaban J connectivity index is 1.27. The SMILES string of the molecule is Cc1cc(C)c2oc3cc(N(c4ccc5c(c4)C(C)(C)c4ccccc4-5)c4ccc5c(c4)C(C)(C)c4cccc(C(C)(C)C)c4-5)ccc3c2c1. The summed E-state index contributed by atoms with van der Waals surface area (Å²) in [5, 5.41) is 2.33. The van der Waals surface area contributed by atoms with Gasteiger partial charge in [0.05, 0.1) is 0 Å². The van der Waals surface area contributed by atoms with Crippen LogP contribution in [0.2, 0.25) is 0 Å². The van der Waals surface area contributed by atoms with Crippen LogP contribution in [0, 0.1) is 13.8 Å². The highest BCUT2D eigenvalue weighted by Gasteiger charge is 2.39. The molecule has 0 saturated carbocycles. The van der Waals surface area contributed by atoms with E-state index >= 15 is 0 Å². The minimum absolute atomic E-state index is 0.0431. The lowest BCUT2D eigenvalue weighted by molar-refractivity contribution is 0.589. The zero-order chi connectivity index (χ0) is 34.9. The first kappa shape index (κ1) is 30.9. The maximum Gasteiger partial charge on any atom is 0.138 e. The molecule has 6 aromatic carbocycles. The Labute approximate surface area is 296 Å². The molecule has 2 aliphatic carbocycles. The molecule has 0 fully saturated rings. The quantitative estimate of drug-likeness (QED) is 0.189. The third-order valence-corrected chi connectivity index (χ3v) is 11.7. The molecule has 248 valence electrons. The molecule has 0 amide bonds. The number of benzene rings is 6. The fourth-order valence-electron chi connectivity index (χ4n) is 9.18. The van der Waals surface area contributed by atoms with Gasteiger partial charge in [-0.05, 0) is 123 Å². The van der Waals surface area contributed by atoms with Crippen molar-refractivity contribution in [1.29, 1.82) is 0 Å². The Bertz CT molecular complexity index is 2550. The predicted octanol–water partition coefficient (Wildman–Crippen LogP) is 13.6. The smallest absolute Gasteiger partial charge is 0.138 e. The number of aryl methyl sites for hydroxylation is 2. The second-order valence-electron chi connectivity index (χ2n) is 16.8. The number of hydrogen-bond acceptors (Lipinski definition) is 2. The van der Waals surface area contributed by atoms with Gasteiger partial charge in [0.25, 0.3) is 0 Å². The fourth-order valence-corrected chi connectivity index (χ4v) is 9.18. The molecule has 1 aromatic heterocycles. The van der Waals surface area contributed by atoms with E-state index in [1.807, 2.05) is 0 Å². The Hall–Kier alpha value is -5.08.